The van der Waals surface area contributed by atoms with Gasteiger partial charge in [-0.25, -0.2) is 4.79 Å². The fraction of sp³-hybridized carbons (Fsp3) is 0.692. The highest BCUT2D eigenvalue weighted by atomic mass is 16.5. The number of amides is 3. The van der Waals surface area contributed by atoms with Crippen LogP contribution in [0.4, 0.5) is 4.79 Å². The van der Waals surface area contributed by atoms with E-state index < -0.39 is 11.6 Å². The number of nitrogens with one attached hydrogen (secondary N) is 2. The van der Waals surface area contributed by atoms with Crippen molar-refractivity contribution in [3.63, 3.8) is 0 Å². The number of imide groups is 1. The fourth-order valence-corrected chi connectivity index (χ4v) is 2.80. The van der Waals surface area contributed by atoms with Gasteiger partial charge in [0.2, 0.25) is 5.89 Å². The lowest BCUT2D eigenvalue weighted by Crippen LogP contribution is -2.53. The Bertz CT molecular complexity index is 567. The molecule has 2 N–H and O–H groups in total. The van der Waals surface area contributed by atoms with Gasteiger partial charge in [0, 0.05) is 13.5 Å². The van der Waals surface area contributed by atoms with E-state index in [-0.39, 0.29) is 18.3 Å². The average molecular weight is 309 g/mol. The van der Waals surface area contributed by atoms with Crippen molar-refractivity contribution in [1.29, 1.82) is 0 Å². The van der Waals surface area contributed by atoms with Crippen LogP contribution in [0.3, 0.4) is 0 Å². The Morgan fingerprint density at radius 3 is 2.86 bits per heavy atom. The Labute approximate surface area is 127 Å². The van der Waals surface area contributed by atoms with Crippen LogP contribution in [0, 0.1) is 0 Å². The summed E-state index contributed by atoms with van der Waals surface area (Å²) >= 11 is 0. The lowest BCUT2D eigenvalue weighted by molar-refractivity contribution is -0.132. The molecule has 0 aliphatic carbocycles. The summed E-state index contributed by atoms with van der Waals surface area (Å²) < 4.78 is 10.0. The third-order valence-electron chi connectivity index (χ3n) is 4.04. The number of nitrogens with zero attached hydrogens (tertiary/aromatic N) is 3. The van der Waals surface area contributed by atoms with E-state index in [0.717, 1.165) is 4.90 Å². The molecule has 1 aromatic rings. The smallest absolute Gasteiger partial charge is 0.325 e. The van der Waals surface area contributed by atoms with Crippen molar-refractivity contribution in [3.8, 4) is 0 Å². The maximum Gasteiger partial charge on any atom is 0.325 e. The van der Waals surface area contributed by atoms with Crippen LogP contribution < -0.4 is 10.6 Å². The molecule has 0 bridgehead atoms. The molecule has 9 nitrogen and oxygen atoms in total. The molecule has 1 spiro atoms. The van der Waals surface area contributed by atoms with E-state index in [1.807, 2.05) is 0 Å². The van der Waals surface area contributed by atoms with Crippen LogP contribution in [0.15, 0.2) is 4.52 Å². The van der Waals surface area contributed by atoms with Gasteiger partial charge in [-0.2, -0.15) is 4.98 Å². The van der Waals surface area contributed by atoms with Crippen LogP contribution in [0.5, 0.6) is 0 Å². The molecule has 3 rings (SSSR count). The van der Waals surface area contributed by atoms with Gasteiger partial charge in [-0.3, -0.25) is 9.69 Å². The minimum atomic E-state index is -0.777. The van der Waals surface area contributed by atoms with Crippen molar-refractivity contribution >= 4 is 11.9 Å². The summed E-state index contributed by atoms with van der Waals surface area (Å²) in [5.41, 5.74) is -0.777. The third-order valence-corrected chi connectivity index (χ3v) is 4.04. The van der Waals surface area contributed by atoms with E-state index in [4.69, 9.17) is 9.26 Å². The Kier molecular flexibility index (Phi) is 4.08. The highest BCUT2D eigenvalue weighted by Crippen LogP contribution is 2.27. The number of carbonyl (C=O) groups excluding carboxylic acids is 2. The average Bonchev–Trinajstić information content (AvgIpc) is 3.05. The number of carbonyl (C=O) groups is 2. The second kappa shape index (κ2) is 6.01. The zero-order chi connectivity index (χ0) is 15.6. The molecule has 22 heavy (non-hydrogen) atoms. The van der Waals surface area contributed by atoms with Crippen molar-refractivity contribution < 1.29 is 18.8 Å². The van der Waals surface area contributed by atoms with Crippen LogP contribution in [0.2, 0.25) is 0 Å². The molecule has 0 radical (unpaired) electrons. The number of urea groups is 1. The van der Waals surface area contributed by atoms with Crippen LogP contribution in [-0.2, 0) is 22.5 Å². The molecular formula is C13H19N5O4. The molecule has 0 saturated carbocycles. The maximum atomic E-state index is 12.6. The highest BCUT2D eigenvalue weighted by Gasteiger charge is 2.51. The van der Waals surface area contributed by atoms with Crippen LogP contribution in [0.25, 0.3) is 0 Å². The summed E-state index contributed by atoms with van der Waals surface area (Å²) in [7, 11) is 1.59. The van der Waals surface area contributed by atoms with E-state index in [1.165, 1.54) is 0 Å². The van der Waals surface area contributed by atoms with Gasteiger partial charge in [-0.15, -0.1) is 0 Å². The molecule has 0 aromatic carbocycles. The van der Waals surface area contributed by atoms with Crippen molar-refractivity contribution in [3.05, 3.63) is 11.7 Å². The number of hydrogen-bond acceptors (Lipinski definition) is 7. The molecule has 9 heteroatoms. The second-order valence-electron chi connectivity index (χ2n) is 5.50. The van der Waals surface area contributed by atoms with Crippen molar-refractivity contribution in [1.82, 2.24) is 25.7 Å². The van der Waals surface area contributed by atoms with Crippen molar-refractivity contribution in [2.24, 2.45) is 0 Å². The van der Waals surface area contributed by atoms with E-state index in [1.54, 1.807) is 7.11 Å². The van der Waals surface area contributed by atoms with Crippen molar-refractivity contribution in [2.45, 2.75) is 31.3 Å². The predicted octanol–water partition coefficient (Wildman–Crippen LogP) is -0.567. The number of methoxy groups -OCH3 is 1. The first-order chi connectivity index (χ1) is 10.6. The Morgan fingerprint density at radius 2 is 2.14 bits per heavy atom. The summed E-state index contributed by atoms with van der Waals surface area (Å²) in [4.78, 5) is 30.0. The Balaban J connectivity index is 1.68. The zero-order valence-electron chi connectivity index (χ0n) is 12.4. The van der Waals surface area contributed by atoms with E-state index in [0.29, 0.717) is 44.8 Å². The number of rotatable bonds is 5. The summed E-state index contributed by atoms with van der Waals surface area (Å²) in [5, 5.41) is 9.81. The van der Waals surface area contributed by atoms with Crippen molar-refractivity contribution in [2.75, 3.05) is 26.8 Å². The quantitative estimate of drug-likeness (QED) is 0.701. The molecule has 2 aliphatic heterocycles. The maximum absolute atomic E-state index is 12.6. The lowest BCUT2D eigenvalue weighted by atomic mass is 9.88. The molecule has 2 aliphatic rings. The Hall–Kier alpha value is -2.00. The normalized spacial score (nSPS) is 20.7. The fourth-order valence-electron chi connectivity index (χ4n) is 2.80. The number of hydrogen-bond donors (Lipinski definition) is 2. The molecule has 0 unspecified atom stereocenters. The van der Waals surface area contributed by atoms with Crippen LogP contribution in [0.1, 0.15) is 24.6 Å². The highest BCUT2D eigenvalue weighted by molar-refractivity contribution is 6.07. The predicted molar refractivity (Wildman–Crippen MR) is 73.8 cm³/mol. The molecule has 2 fully saturated rings. The van der Waals surface area contributed by atoms with Crippen LogP contribution in [-0.4, -0.2) is 59.3 Å². The van der Waals surface area contributed by atoms with E-state index >= 15 is 0 Å². The third kappa shape index (κ3) is 2.69. The molecule has 120 valence electrons. The molecular weight excluding hydrogens is 290 g/mol. The SMILES string of the molecule is COCCc1noc(CN2C(=O)NC3(CCNCC3)C2=O)n1. The zero-order valence-corrected chi connectivity index (χ0v) is 12.4. The summed E-state index contributed by atoms with van der Waals surface area (Å²) in [6.45, 7) is 1.90. The standard InChI is InChI=1S/C13H19N5O4/c1-21-7-2-9-15-10(22-17-9)8-18-11(19)13(16-12(18)20)3-5-14-6-4-13/h14H,2-8H2,1H3,(H,16,20). The molecule has 0 atom stereocenters. The first-order valence-electron chi connectivity index (χ1n) is 7.30. The number of ether oxygens (including phenoxy) is 1. The molecule has 1 aromatic heterocycles. The summed E-state index contributed by atoms with van der Waals surface area (Å²) in [6, 6.07) is -0.399. The van der Waals surface area contributed by atoms with Crippen LogP contribution >= 0.6 is 0 Å². The second-order valence-corrected chi connectivity index (χ2v) is 5.50. The molecule has 2 saturated heterocycles. The number of aromatic nitrogens is 2. The first-order valence-corrected chi connectivity index (χ1v) is 7.30. The van der Waals surface area contributed by atoms with Gasteiger partial charge in [-0.1, -0.05) is 5.16 Å². The Morgan fingerprint density at radius 1 is 1.36 bits per heavy atom. The largest absolute Gasteiger partial charge is 0.384 e. The van der Waals surface area contributed by atoms with Gasteiger partial charge in [0.05, 0.1) is 6.61 Å². The monoisotopic (exact) mass is 309 g/mol. The van der Waals surface area contributed by atoms with Gasteiger partial charge >= 0.3 is 6.03 Å². The van der Waals surface area contributed by atoms with E-state index in [2.05, 4.69) is 20.8 Å². The minimum absolute atomic E-state index is 0.000171. The van der Waals surface area contributed by atoms with Gasteiger partial charge in [0.25, 0.3) is 5.91 Å². The van der Waals surface area contributed by atoms with Gasteiger partial charge in [0.1, 0.15) is 12.1 Å². The van der Waals surface area contributed by atoms with Gasteiger partial charge in [0.15, 0.2) is 5.82 Å². The van der Waals surface area contributed by atoms with Gasteiger partial charge in [-0.05, 0) is 25.9 Å². The number of piperidine rings is 1. The van der Waals surface area contributed by atoms with E-state index in [9.17, 15) is 9.59 Å². The lowest BCUT2D eigenvalue weighted by Gasteiger charge is -2.30. The summed E-state index contributed by atoms with van der Waals surface area (Å²) in [5.74, 6) is 0.539. The molecule has 3 heterocycles. The minimum Gasteiger partial charge on any atom is -0.384 e. The topological polar surface area (TPSA) is 110 Å². The first kappa shape index (κ1) is 14.9. The summed E-state index contributed by atoms with van der Waals surface area (Å²) in [6.07, 6.45) is 1.71. The van der Waals surface area contributed by atoms with Gasteiger partial charge < -0.3 is 19.9 Å². The molecule has 3 amide bonds.